The smallest absolute Gasteiger partial charge is 0.154 e. The Bertz CT molecular complexity index is 878. The topological polar surface area (TPSA) is 73.4 Å². The Morgan fingerprint density at radius 1 is 1.31 bits per heavy atom. The molecule has 0 saturated carbocycles. The molecule has 2 aliphatic rings. The second kappa shape index (κ2) is 6.59. The van der Waals surface area contributed by atoms with E-state index in [-0.39, 0.29) is 18.6 Å². The van der Waals surface area contributed by atoms with Gasteiger partial charge in [-0.2, -0.15) is 0 Å². The van der Waals surface area contributed by atoms with E-state index >= 15 is 0 Å². The summed E-state index contributed by atoms with van der Waals surface area (Å²) in [7, 11) is 0. The summed E-state index contributed by atoms with van der Waals surface area (Å²) in [6.07, 6.45) is 2.11. The summed E-state index contributed by atoms with van der Waals surface area (Å²) in [5, 5.41) is 0.393. The molecule has 136 valence electrons. The van der Waals surface area contributed by atoms with Crippen LogP contribution >= 0.6 is 11.8 Å². The van der Waals surface area contributed by atoms with Gasteiger partial charge < -0.3 is 10.5 Å². The monoisotopic (exact) mass is 376 g/mol. The molecule has 1 aromatic heterocycles. The first kappa shape index (κ1) is 17.4. The summed E-state index contributed by atoms with van der Waals surface area (Å²) in [6.45, 7) is 1.99. The molecule has 1 aromatic carbocycles. The number of aliphatic imine (C=N–C) groups is 1. The van der Waals surface area contributed by atoms with Gasteiger partial charge >= 0.3 is 0 Å². The quantitative estimate of drug-likeness (QED) is 0.872. The maximum absolute atomic E-state index is 14.6. The number of nitrogens with two attached hydrogens (primary N) is 1. The lowest BCUT2D eigenvalue weighted by Crippen LogP contribution is -2.48. The maximum Gasteiger partial charge on any atom is 0.154 e. The zero-order chi connectivity index (χ0) is 18.3. The van der Waals surface area contributed by atoms with Gasteiger partial charge in [-0.15, -0.1) is 0 Å². The highest BCUT2D eigenvalue weighted by Crippen LogP contribution is 2.49. The van der Waals surface area contributed by atoms with Crippen LogP contribution in [0.1, 0.15) is 29.6 Å². The zero-order valence-corrected chi connectivity index (χ0v) is 15.0. The number of hydrogen-bond donors (Lipinski definition) is 1. The fraction of sp³-hybridized carbons (Fsp3) is 0.389. The Kier molecular flexibility index (Phi) is 4.40. The van der Waals surface area contributed by atoms with Gasteiger partial charge in [-0.05, 0) is 25.5 Å². The summed E-state index contributed by atoms with van der Waals surface area (Å²) >= 11 is 1.45. The van der Waals surface area contributed by atoms with E-state index in [2.05, 4.69) is 15.0 Å². The summed E-state index contributed by atoms with van der Waals surface area (Å²) in [4.78, 5) is 13.1. The summed E-state index contributed by atoms with van der Waals surface area (Å²) < 4.78 is 34.0. The first-order valence-corrected chi connectivity index (χ1v) is 9.31. The molecule has 26 heavy (non-hydrogen) atoms. The third-order valence-corrected chi connectivity index (χ3v) is 5.90. The van der Waals surface area contributed by atoms with Gasteiger partial charge in [0.05, 0.1) is 12.3 Å². The largest absolute Gasteiger partial charge is 0.379 e. The Hall–Kier alpha value is -2.06. The van der Waals surface area contributed by atoms with Crippen LogP contribution in [-0.2, 0) is 10.3 Å². The molecule has 3 atom stereocenters. The van der Waals surface area contributed by atoms with Crippen LogP contribution in [-0.4, -0.2) is 27.5 Å². The number of nitrogens with zero attached hydrogens (tertiary/aromatic N) is 3. The highest BCUT2D eigenvalue weighted by atomic mass is 32.2. The number of aryl methyl sites for hydroxylation is 1. The molecule has 0 spiro atoms. The molecule has 0 amide bonds. The molecule has 1 saturated heterocycles. The van der Waals surface area contributed by atoms with Crippen molar-refractivity contribution in [2.45, 2.75) is 25.0 Å². The number of ether oxygens (including phenoxy) is 1. The predicted molar refractivity (Wildman–Crippen MR) is 95.7 cm³/mol. The lowest BCUT2D eigenvalue weighted by molar-refractivity contribution is -0.0607. The standard InChI is InChI=1S/C18H18F2N4OS/c1-10-22-5-4-15(23-10)16-6-11-8-26-17(21)24-18(11,9-25-16)13-3-2-12(19)7-14(13)20/h2-5,7,11,16H,6,8-9H2,1H3,(H2,21,24)/t11?,16-,18+/m1/s1. The summed E-state index contributed by atoms with van der Waals surface area (Å²) in [5.41, 5.74) is 6.14. The van der Waals surface area contributed by atoms with Crippen molar-refractivity contribution in [3.63, 3.8) is 0 Å². The molecular formula is C18H18F2N4OS. The van der Waals surface area contributed by atoms with Crippen molar-refractivity contribution in [2.24, 2.45) is 16.6 Å². The third-order valence-electron chi connectivity index (χ3n) is 4.95. The van der Waals surface area contributed by atoms with Crippen LogP contribution in [0.15, 0.2) is 35.5 Å². The van der Waals surface area contributed by atoms with E-state index in [1.165, 1.54) is 23.9 Å². The third kappa shape index (κ3) is 2.97. The number of rotatable bonds is 2. The highest BCUT2D eigenvalue weighted by Gasteiger charge is 2.49. The first-order chi connectivity index (χ1) is 12.5. The van der Waals surface area contributed by atoms with E-state index in [1.54, 1.807) is 6.20 Å². The van der Waals surface area contributed by atoms with Gasteiger partial charge in [0.1, 0.15) is 29.1 Å². The number of fused-ring (bicyclic) bond motifs is 1. The number of benzene rings is 1. The molecule has 2 aromatic rings. The van der Waals surface area contributed by atoms with E-state index in [1.807, 2.05) is 13.0 Å². The van der Waals surface area contributed by atoms with E-state index in [4.69, 9.17) is 10.5 Å². The molecule has 0 aliphatic carbocycles. The zero-order valence-electron chi connectivity index (χ0n) is 14.2. The molecule has 3 heterocycles. The predicted octanol–water partition coefficient (Wildman–Crippen LogP) is 3.10. The van der Waals surface area contributed by atoms with Gasteiger partial charge in [-0.25, -0.2) is 23.7 Å². The number of amidine groups is 1. The van der Waals surface area contributed by atoms with E-state index < -0.39 is 17.2 Å². The van der Waals surface area contributed by atoms with Crippen LogP contribution in [0.3, 0.4) is 0 Å². The minimum atomic E-state index is -0.939. The first-order valence-electron chi connectivity index (χ1n) is 8.33. The molecule has 4 rings (SSSR count). The van der Waals surface area contributed by atoms with Crippen molar-refractivity contribution in [1.82, 2.24) is 9.97 Å². The van der Waals surface area contributed by atoms with Crippen molar-refractivity contribution in [3.8, 4) is 0 Å². The molecule has 2 aliphatic heterocycles. The van der Waals surface area contributed by atoms with Gasteiger partial charge in [-0.3, -0.25) is 0 Å². The Labute approximate surface area is 154 Å². The fourth-order valence-electron chi connectivity index (χ4n) is 3.67. The number of thioether (sulfide) groups is 1. The van der Waals surface area contributed by atoms with Gasteiger partial charge in [0.2, 0.25) is 0 Å². The van der Waals surface area contributed by atoms with Crippen LogP contribution in [0, 0.1) is 24.5 Å². The van der Waals surface area contributed by atoms with Crippen molar-refractivity contribution >= 4 is 16.9 Å². The fourth-order valence-corrected chi connectivity index (χ4v) is 4.68. The van der Waals surface area contributed by atoms with Crippen LogP contribution in [0.4, 0.5) is 8.78 Å². The number of hydrogen-bond acceptors (Lipinski definition) is 6. The summed E-state index contributed by atoms with van der Waals surface area (Å²) in [6, 6.07) is 5.41. The molecule has 0 radical (unpaired) electrons. The number of aromatic nitrogens is 2. The van der Waals surface area contributed by atoms with Crippen LogP contribution < -0.4 is 5.73 Å². The van der Waals surface area contributed by atoms with Gasteiger partial charge in [-0.1, -0.05) is 17.8 Å². The molecule has 2 N–H and O–H groups in total. The Balaban J connectivity index is 1.72. The minimum Gasteiger partial charge on any atom is -0.379 e. The van der Waals surface area contributed by atoms with Crippen LogP contribution in [0.25, 0.3) is 0 Å². The van der Waals surface area contributed by atoms with E-state index in [0.29, 0.717) is 28.7 Å². The van der Waals surface area contributed by atoms with E-state index in [0.717, 1.165) is 11.8 Å². The lowest BCUT2D eigenvalue weighted by atomic mass is 9.74. The van der Waals surface area contributed by atoms with Crippen molar-refractivity contribution in [2.75, 3.05) is 12.4 Å². The van der Waals surface area contributed by atoms with Crippen molar-refractivity contribution in [1.29, 1.82) is 0 Å². The molecule has 5 nitrogen and oxygen atoms in total. The Morgan fingerprint density at radius 3 is 2.92 bits per heavy atom. The lowest BCUT2D eigenvalue weighted by Gasteiger charge is -2.46. The average molecular weight is 376 g/mol. The summed E-state index contributed by atoms with van der Waals surface area (Å²) in [5.74, 6) is 0.114. The van der Waals surface area contributed by atoms with E-state index in [9.17, 15) is 8.78 Å². The second-order valence-electron chi connectivity index (χ2n) is 6.57. The van der Waals surface area contributed by atoms with Gasteiger partial charge in [0.15, 0.2) is 5.17 Å². The normalized spacial score (nSPS) is 28.3. The molecule has 0 bridgehead atoms. The molecule has 8 heteroatoms. The van der Waals surface area contributed by atoms with Crippen molar-refractivity contribution in [3.05, 3.63) is 59.2 Å². The van der Waals surface area contributed by atoms with Gasteiger partial charge in [0, 0.05) is 29.5 Å². The second-order valence-corrected chi connectivity index (χ2v) is 7.61. The molecule has 1 fully saturated rings. The van der Waals surface area contributed by atoms with Crippen molar-refractivity contribution < 1.29 is 13.5 Å². The molecular weight excluding hydrogens is 358 g/mol. The average Bonchev–Trinajstić information content (AvgIpc) is 2.61. The number of halogens is 2. The van der Waals surface area contributed by atoms with Gasteiger partial charge in [0.25, 0.3) is 0 Å². The Morgan fingerprint density at radius 2 is 2.15 bits per heavy atom. The van der Waals surface area contributed by atoms with Crippen LogP contribution in [0.5, 0.6) is 0 Å². The highest BCUT2D eigenvalue weighted by molar-refractivity contribution is 8.13. The maximum atomic E-state index is 14.6. The molecule has 1 unspecified atom stereocenters. The SMILES string of the molecule is Cc1nccc([C@H]2CC3CSC(N)=N[C@@]3(c3ccc(F)cc3F)CO2)n1. The minimum absolute atomic E-state index is 0.00576. The van der Waals surface area contributed by atoms with Crippen LogP contribution in [0.2, 0.25) is 0 Å².